The van der Waals surface area contributed by atoms with Crippen LogP contribution in [-0.4, -0.2) is 67.9 Å². The maximum absolute atomic E-state index is 12.7. The molecule has 0 radical (unpaired) electrons. The molecule has 1 aliphatic rings. The number of amides is 1. The van der Waals surface area contributed by atoms with Crippen LogP contribution in [-0.2, 0) is 6.54 Å². The number of carbonyl (C=O) groups excluding carboxylic acids is 1. The Balaban J connectivity index is 1.31. The second kappa shape index (κ2) is 8.09. The first-order valence-corrected chi connectivity index (χ1v) is 9.14. The van der Waals surface area contributed by atoms with Crippen LogP contribution >= 0.6 is 0 Å². The minimum absolute atomic E-state index is 0.00124. The van der Waals surface area contributed by atoms with Crippen molar-refractivity contribution in [3.05, 3.63) is 67.0 Å². The maximum atomic E-state index is 12.7. The molecule has 0 aromatic carbocycles. The molecular formula is C20H22N6O. The topological polar surface area (TPSA) is 67.2 Å². The van der Waals surface area contributed by atoms with Gasteiger partial charge in [0.1, 0.15) is 0 Å². The van der Waals surface area contributed by atoms with Gasteiger partial charge < -0.3 is 9.47 Å². The molecule has 138 valence electrons. The molecule has 4 heterocycles. The minimum atomic E-state index is 0.00124. The zero-order chi connectivity index (χ0) is 18.5. The largest absolute Gasteiger partial charge is 0.353 e. The molecule has 1 amide bonds. The zero-order valence-corrected chi connectivity index (χ0v) is 15.1. The van der Waals surface area contributed by atoms with Gasteiger partial charge >= 0.3 is 0 Å². The fraction of sp³-hybridized carbons (Fsp3) is 0.300. The number of piperazine rings is 1. The molecule has 3 aromatic rings. The van der Waals surface area contributed by atoms with Gasteiger partial charge in [0.15, 0.2) is 5.82 Å². The van der Waals surface area contributed by atoms with Crippen LogP contribution in [0.1, 0.15) is 10.4 Å². The lowest BCUT2D eigenvalue weighted by molar-refractivity contribution is 0.0632. The highest BCUT2D eigenvalue weighted by Crippen LogP contribution is 2.14. The predicted octanol–water partition coefficient (Wildman–Crippen LogP) is 1.80. The molecule has 0 N–H and O–H groups in total. The highest BCUT2D eigenvalue weighted by atomic mass is 16.2. The van der Waals surface area contributed by atoms with Crippen molar-refractivity contribution in [3.8, 4) is 11.4 Å². The van der Waals surface area contributed by atoms with Crippen molar-refractivity contribution in [3.63, 3.8) is 0 Å². The van der Waals surface area contributed by atoms with E-state index in [4.69, 9.17) is 0 Å². The third-order valence-corrected chi connectivity index (χ3v) is 4.84. The summed E-state index contributed by atoms with van der Waals surface area (Å²) >= 11 is 0. The predicted molar refractivity (Wildman–Crippen MR) is 102 cm³/mol. The van der Waals surface area contributed by atoms with Crippen LogP contribution in [0.4, 0.5) is 0 Å². The van der Waals surface area contributed by atoms with Crippen molar-refractivity contribution in [2.24, 2.45) is 0 Å². The number of pyridine rings is 1. The second-order valence-corrected chi connectivity index (χ2v) is 6.59. The summed E-state index contributed by atoms with van der Waals surface area (Å²) in [6.07, 6.45) is 10.8. The Morgan fingerprint density at radius 3 is 2.26 bits per heavy atom. The summed E-state index contributed by atoms with van der Waals surface area (Å²) in [4.78, 5) is 29.7. The van der Waals surface area contributed by atoms with Gasteiger partial charge in [0, 0.05) is 82.0 Å². The van der Waals surface area contributed by atoms with Crippen molar-refractivity contribution < 1.29 is 4.79 Å². The Hall–Kier alpha value is -3.06. The normalized spacial score (nSPS) is 15.0. The number of carbonyl (C=O) groups is 1. The third-order valence-electron chi connectivity index (χ3n) is 4.84. The van der Waals surface area contributed by atoms with Crippen LogP contribution in [0.25, 0.3) is 11.4 Å². The van der Waals surface area contributed by atoms with Gasteiger partial charge in [-0.15, -0.1) is 0 Å². The molecule has 7 nitrogen and oxygen atoms in total. The number of hydrogen-bond donors (Lipinski definition) is 0. The van der Waals surface area contributed by atoms with Crippen molar-refractivity contribution in [1.82, 2.24) is 29.3 Å². The van der Waals surface area contributed by atoms with E-state index in [9.17, 15) is 4.79 Å². The molecule has 3 aromatic heterocycles. The Kier molecular flexibility index (Phi) is 5.20. The van der Waals surface area contributed by atoms with E-state index in [0.717, 1.165) is 44.8 Å². The summed E-state index contributed by atoms with van der Waals surface area (Å²) in [5.74, 6) is 0.602. The molecule has 4 rings (SSSR count). The molecule has 1 fully saturated rings. The lowest BCUT2D eigenvalue weighted by Gasteiger charge is -2.34. The molecule has 0 bridgehead atoms. The van der Waals surface area contributed by atoms with E-state index in [1.807, 2.05) is 29.2 Å². The number of rotatable bonds is 5. The number of aromatic nitrogens is 4. The number of hydrogen-bond acceptors (Lipinski definition) is 5. The van der Waals surface area contributed by atoms with E-state index in [-0.39, 0.29) is 5.91 Å². The van der Waals surface area contributed by atoms with Crippen molar-refractivity contribution >= 4 is 5.91 Å². The van der Waals surface area contributed by atoms with Gasteiger partial charge in [-0.2, -0.15) is 0 Å². The van der Waals surface area contributed by atoms with Gasteiger partial charge in [0.25, 0.3) is 5.91 Å². The van der Waals surface area contributed by atoms with Crippen molar-refractivity contribution in [2.45, 2.75) is 6.54 Å². The Morgan fingerprint density at radius 2 is 1.59 bits per heavy atom. The highest BCUT2D eigenvalue weighted by Gasteiger charge is 2.22. The maximum Gasteiger partial charge on any atom is 0.257 e. The van der Waals surface area contributed by atoms with Crippen LogP contribution in [0.15, 0.2) is 61.4 Å². The van der Waals surface area contributed by atoms with Gasteiger partial charge in [0.2, 0.25) is 0 Å². The van der Waals surface area contributed by atoms with E-state index < -0.39 is 0 Å². The molecule has 0 unspecified atom stereocenters. The van der Waals surface area contributed by atoms with Crippen molar-refractivity contribution in [1.29, 1.82) is 0 Å². The summed E-state index contributed by atoms with van der Waals surface area (Å²) in [7, 11) is 0. The molecule has 1 aliphatic heterocycles. The van der Waals surface area contributed by atoms with Crippen LogP contribution in [0.5, 0.6) is 0 Å². The van der Waals surface area contributed by atoms with Crippen LogP contribution in [0.2, 0.25) is 0 Å². The quantitative estimate of drug-likeness (QED) is 0.692. The number of nitrogens with zero attached hydrogens (tertiary/aromatic N) is 6. The molecule has 7 heteroatoms. The highest BCUT2D eigenvalue weighted by molar-refractivity contribution is 5.93. The average Bonchev–Trinajstić information content (AvgIpc) is 3.27. The van der Waals surface area contributed by atoms with E-state index in [1.54, 1.807) is 24.8 Å². The fourth-order valence-corrected chi connectivity index (χ4v) is 3.22. The van der Waals surface area contributed by atoms with E-state index in [1.165, 1.54) is 0 Å². The van der Waals surface area contributed by atoms with E-state index in [0.29, 0.717) is 11.4 Å². The SMILES string of the molecule is O=C(c1cnc(-c2ccncc2)nc1)N1CCN(CCn2cccc2)CC1. The average molecular weight is 362 g/mol. The van der Waals surface area contributed by atoms with Gasteiger partial charge in [-0.05, 0) is 24.3 Å². The lowest BCUT2D eigenvalue weighted by Crippen LogP contribution is -2.49. The van der Waals surface area contributed by atoms with Crippen LogP contribution in [0, 0.1) is 0 Å². The molecule has 0 aliphatic carbocycles. The molecule has 0 spiro atoms. The molecule has 1 saturated heterocycles. The van der Waals surface area contributed by atoms with Gasteiger partial charge in [0.05, 0.1) is 5.56 Å². The molecule has 27 heavy (non-hydrogen) atoms. The minimum Gasteiger partial charge on any atom is -0.353 e. The summed E-state index contributed by atoms with van der Waals surface area (Å²) in [6, 6.07) is 7.78. The summed E-state index contributed by atoms with van der Waals surface area (Å²) in [6.45, 7) is 5.23. The van der Waals surface area contributed by atoms with Gasteiger partial charge in [-0.1, -0.05) is 0 Å². The first-order chi connectivity index (χ1) is 13.3. The summed E-state index contributed by atoms with van der Waals surface area (Å²) < 4.78 is 2.18. The van der Waals surface area contributed by atoms with Gasteiger partial charge in [-0.3, -0.25) is 14.7 Å². The Bertz CT molecular complexity index is 855. The van der Waals surface area contributed by atoms with Crippen LogP contribution in [0.3, 0.4) is 0 Å². The molecule has 0 atom stereocenters. The summed E-state index contributed by atoms with van der Waals surface area (Å²) in [5, 5.41) is 0. The van der Waals surface area contributed by atoms with E-state index >= 15 is 0 Å². The first-order valence-electron chi connectivity index (χ1n) is 9.14. The van der Waals surface area contributed by atoms with Crippen molar-refractivity contribution in [2.75, 3.05) is 32.7 Å². The smallest absolute Gasteiger partial charge is 0.257 e. The standard InChI is InChI=1S/C20H22N6O/c27-20(18-15-22-19(23-16-18)17-3-5-21-6-4-17)26-13-11-25(12-14-26)10-9-24-7-1-2-8-24/h1-8,15-16H,9-14H2. The summed E-state index contributed by atoms with van der Waals surface area (Å²) in [5.41, 5.74) is 1.42. The third kappa shape index (κ3) is 4.20. The second-order valence-electron chi connectivity index (χ2n) is 6.59. The Labute approximate surface area is 158 Å². The molecule has 0 saturated carbocycles. The lowest BCUT2D eigenvalue weighted by atomic mass is 10.2. The zero-order valence-electron chi connectivity index (χ0n) is 15.1. The fourth-order valence-electron chi connectivity index (χ4n) is 3.22. The van der Waals surface area contributed by atoms with Crippen LogP contribution < -0.4 is 0 Å². The molecular weight excluding hydrogens is 340 g/mol. The monoisotopic (exact) mass is 362 g/mol. The van der Waals surface area contributed by atoms with Gasteiger partial charge in [-0.25, -0.2) is 9.97 Å². The van der Waals surface area contributed by atoms with E-state index in [2.05, 4.69) is 36.8 Å². The Morgan fingerprint density at radius 1 is 0.926 bits per heavy atom. The first kappa shape index (κ1) is 17.4.